The maximum atomic E-state index is 12.5. The lowest BCUT2D eigenvalue weighted by atomic mass is 10.1. The zero-order chi connectivity index (χ0) is 18.4. The molecule has 1 aromatic heterocycles. The fourth-order valence-electron chi connectivity index (χ4n) is 3.19. The number of nitrogens with one attached hydrogen (secondary N) is 1. The van der Waals surface area contributed by atoms with E-state index in [-0.39, 0.29) is 11.9 Å². The highest BCUT2D eigenvalue weighted by atomic mass is 16.2. The number of carbonyl (C=O) groups excluding carboxylic acids is 1. The van der Waals surface area contributed by atoms with Crippen LogP contribution in [0.3, 0.4) is 0 Å². The number of hydrogen-bond donors (Lipinski definition) is 1. The molecule has 0 radical (unpaired) electrons. The van der Waals surface area contributed by atoms with Crippen molar-refractivity contribution in [1.82, 2.24) is 29.9 Å². The molecule has 0 aliphatic carbocycles. The lowest BCUT2D eigenvalue weighted by molar-refractivity contribution is -0.126. The summed E-state index contributed by atoms with van der Waals surface area (Å²) in [4.78, 5) is 17.0. The minimum absolute atomic E-state index is 0.0483. The second-order valence-corrected chi connectivity index (χ2v) is 6.91. The van der Waals surface area contributed by atoms with Crippen LogP contribution in [0.1, 0.15) is 18.3 Å². The smallest absolute Gasteiger partial charge is 0.237 e. The number of amides is 1. The van der Waals surface area contributed by atoms with Gasteiger partial charge in [0.15, 0.2) is 5.82 Å². The Labute approximate surface area is 155 Å². The average molecular weight is 356 g/mol. The van der Waals surface area contributed by atoms with E-state index in [1.807, 2.05) is 29.7 Å². The van der Waals surface area contributed by atoms with Crippen LogP contribution in [0.25, 0.3) is 0 Å². The first-order chi connectivity index (χ1) is 12.6. The van der Waals surface area contributed by atoms with Gasteiger partial charge in [-0.1, -0.05) is 30.3 Å². The van der Waals surface area contributed by atoms with Crippen molar-refractivity contribution in [2.24, 2.45) is 0 Å². The number of piperazine rings is 1. The number of benzene rings is 1. The van der Waals surface area contributed by atoms with Crippen molar-refractivity contribution in [3.8, 4) is 0 Å². The van der Waals surface area contributed by atoms with E-state index in [1.54, 1.807) is 6.33 Å². The molecule has 2 aromatic rings. The van der Waals surface area contributed by atoms with E-state index >= 15 is 0 Å². The molecule has 0 saturated carbocycles. The van der Waals surface area contributed by atoms with E-state index in [4.69, 9.17) is 0 Å². The Bertz CT molecular complexity index is 693. The fourth-order valence-corrected chi connectivity index (χ4v) is 3.19. The van der Waals surface area contributed by atoms with Crippen LogP contribution in [0.2, 0.25) is 0 Å². The zero-order valence-corrected chi connectivity index (χ0v) is 15.6. The van der Waals surface area contributed by atoms with Crippen molar-refractivity contribution in [2.45, 2.75) is 32.5 Å². The van der Waals surface area contributed by atoms with Gasteiger partial charge < -0.3 is 14.8 Å². The summed E-state index contributed by atoms with van der Waals surface area (Å²) >= 11 is 0. The van der Waals surface area contributed by atoms with Gasteiger partial charge in [0.05, 0.1) is 12.6 Å². The van der Waals surface area contributed by atoms with E-state index in [1.165, 1.54) is 5.56 Å². The van der Waals surface area contributed by atoms with Crippen LogP contribution in [0.15, 0.2) is 36.7 Å². The minimum Gasteiger partial charge on any atom is -0.347 e. The molecule has 1 aliphatic heterocycles. The highest BCUT2D eigenvalue weighted by Gasteiger charge is 2.24. The molecule has 1 N–H and O–H groups in total. The SMILES string of the molecule is C[C@H](C(=O)NCc1nncn1CCc1ccccc1)N1CCN(C)CC1. The van der Waals surface area contributed by atoms with E-state index in [0.29, 0.717) is 6.54 Å². The summed E-state index contributed by atoms with van der Waals surface area (Å²) in [5.41, 5.74) is 1.28. The number of carbonyl (C=O) groups is 1. The number of rotatable bonds is 7. The van der Waals surface area contributed by atoms with E-state index < -0.39 is 0 Å². The van der Waals surface area contributed by atoms with E-state index in [9.17, 15) is 4.79 Å². The van der Waals surface area contributed by atoms with Gasteiger partial charge in [0, 0.05) is 32.7 Å². The molecule has 2 heterocycles. The van der Waals surface area contributed by atoms with Crippen LogP contribution in [-0.2, 0) is 24.3 Å². The van der Waals surface area contributed by atoms with E-state index in [0.717, 1.165) is 45.0 Å². The maximum absolute atomic E-state index is 12.5. The van der Waals surface area contributed by atoms with Crippen LogP contribution < -0.4 is 5.32 Å². The molecule has 7 nitrogen and oxygen atoms in total. The lowest BCUT2D eigenvalue weighted by Crippen LogP contribution is -2.52. The highest BCUT2D eigenvalue weighted by Crippen LogP contribution is 2.06. The van der Waals surface area contributed by atoms with E-state index in [2.05, 4.69) is 44.5 Å². The Balaban J connectivity index is 1.48. The van der Waals surface area contributed by atoms with Gasteiger partial charge in [-0.15, -0.1) is 10.2 Å². The van der Waals surface area contributed by atoms with Crippen LogP contribution in [0.5, 0.6) is 0 Å². The van der Waals surface area contributed by atoms with Crippen molar-refractivity contribution in [2.75, 3.05) is 33.2 Å². The van der Waals surface area contributed by atoms with Crippen molar-refractivity contribution >= 4 is 5.91 Å². The number of hydrogen-bond acceptors (Lipinski definition) is 5. The number of aromatic nitrogens is 3. The summed E-state index contributed by atoms with van der Waals surface area (Å²) < 4.78 is 2.01. The third-order valence-electron chi connectivity index (χ3n) is 5.07. The molecular weight excluding hydrogens is 328 g/mol. The molecule has 1 atom stereocenters. The Morgan fingerprint density at radius 2 is 1.92 bits per heavy atom. The van der Waals surface area contributed by atoms with Crippen LogP contribution >= 0.6 is 0 Å². The largest absolute Gasteiger partial charge is 0.347 e. The van der Waals surface area contributed by atoms with Gasteiger partial charge in [0.25, 0.3) is 0 Å². The Hall–Kier alpha value is -2.25. The highest BCUT2D eigenvalue weighted by molar-refractivity contribution is 5.81. The standard InChI is InChI=1S/C19H28N6O/c1-16(24-12-10-23(2)11-13-24)19(26)20-14-18-22-21-15-25(18)9-8-17-6-4-3-5-7-17/h3-7,15-16H,8-14H2,1-2H3,(H,20,26)/t16-/m1/s1. The molecule has 0 spiro atoms. The number of nitrogens with zero attached hydrogens (tertiary/aromatic N) is 5. The molecule has 1 aromatic carbocycles. The summed E-state index contributed by atoms with van der Waals surface area (Å²) in [6.45, 7) is 7.05. The molecule has 26 heavy (non-hydrogen) atoms. The lowest BCUT2D eigenvalue weighted by Gasteiger charge is -2.35. The van der Waals surface area contributed by atoms with Gasteiger partial charge in [-0.05, 0) is 26.0 Å². The van der Waals surface area contributed by atoms with Gasteiger partial charge in [-0.25, -0.2) is 0 Å². The van der Waals surface area contributed by atoms with Gasteiger partial charge in [0.2, 0.25) is 5.91 Å². The Kier molecular flexibility index (Phi) is 6.35. The molecule has 7 heteroatoms. The molecule has 0 unspecified atom stereocenters. The molecule has 1 aliphatic rings. The topological polar surface area (TPSA) is 66.3 Å². The number of aryl methyl sites for hydroxylation is 2. The molecule has 140 valence electrons. The summed E-state index contributed by atoms with van der Waals surface area (Å²) in [5.74, 6) is 0.840. The first-order valence-electron chi connectivity index (χ1n) is 9.24. The van der Waals surface area contributed by atoms with Gasteiger partial charge in [-0.3, -0.25) is 9.69 Å². The first kappa shape index (κ1) is 18.5. The second-order valence-electron chi connectivity index (χ2n) is 6.91. The third-order valence-corrected chi connectivity index (χ3v) is 5.07. The van der Waals surface area contributed by atoms with Crippen molar-refractivity contribution < 1.29 is 4.79 Å². The van der Waals surface area contributed by atoms with Crippen LogP contribution in [0.4, 0.5) is 0 Å². The van der Waals surface area contributed by atoms with Crippen molar-refractivity contribution in [1.29, 1.82) is 0 Å². The molecule has 1 saturated heterocycles. The normalized spacial score (nSPS) is 17.2. The van der Waals surface area contributed by atoms with Crippen LogP contribution in [-0.4, -0.2) is 69.7 Å². The van der Waals surface area contributed by atoms with Gasteiger partial charge in [0.1, 0.15) is 6.33 Å². The molecule has 0 bridgehead atoms. The zero-order valence-electron chi connectivity index (χ0n) is 15.6. The second kappa shape index (κ2) is 8.91. The Morgan fingerprint density at radius 1 is 1.19 bits per heavy atom. The van der Waals surface area contributed by atoms with Crippen LogP contribution in [0, 0.1) is 0 Å². The van der Waals surface area contributed by atoms with Crippen molar-refractivity contribution in [3.63, 3.8) is 0 Å². The molecule has 1 fully saturated rings. The molecule has 3 rings (SSSR count). The van der Waals surface area contributed by atoms with Gasteiger partial charge >= 0.3 is 0 Å². The predicted octanol–water partition coefficient (Wildman–Crippen LogP) is 0.773. The maximum Gasteiger partial charge on any atom is 0.237 e. The minimum atomic E-state index is -0.121. The monoisotopic (exact) mass is 356 g/mol. The fraction of sp³-hybridized carbons (Fsp3) is 0.526. The summed E-state index contributed by atoms with van der Waals surface area (Å²) in [6, 6.07) is 10.2. The summed E-state index contributed by atoms with van der Waals surface area (Å²) in [7, 11) is 2.12. The molecule has 1 amide bonds. The first-order valence-corrected chi connectivity index (χ1v) is 9.24. The summed E-state index contributed by atoms with van der Waals surface area (Å²) in [6.07, 6.45) is 2.64. The van der Waals surface area contributed by atoms with Gasteiger partial charge in [-0.2, -0.15) is 0 Å². The predicted molar refractivity (Wildman–Crippen MR) is 101 cm³/mol. The quantitative estimate of drug-likeness (QED) is 0.794. The Morgan fingerprint density at radius 3 is 2.65 bits per heavy atom. The van der Waals surface area contributed by atoms with Crippen molar-refractivity contribution in [3.05, 3.63) is 48.0 Å². The third kappa shape index (κ3) is 4.89. The average Bonchev–Trinajstić information content (AvgIpc) is 3.12. The molecular formula is C19H28N6O. The number of likely N-dealkylation sites (N-methyl/N-ethyl adjacent to an activating group) is 1. The summed E-state index contributed by atoms with van der Waals surface area (Å²) in [5, 5.41) is 11.2.